The molecule has 2 rings (SSSR count). The molecule has 0 spiro atoms. The van der Waals surface area contributed by atoms with E-state index in [2.05, 4.69) is 12.2 Å². The number of aliphatic hydroxyl groups excluding tert-OH is 1. The number of anilines is 1. The minimum Gasteiger partial charge on any atom is -0.392 e. The molecule has 0 fully saturated rings. The van der Waals surface area contributed by atoms with Crippen molar-refractivity contribution in [1.82, 2.24) is 0 Å². The van der Waals surface area contributed by atoms with Crippen LogP contribution in [0, 0.1) is 6.92 Å². The van der Waals surface area contributed by atoms with Crippen LogP contribution in [0.2, 0.25) is 0 Å². The Morgan fingerprint density at radius 2 is 1.52 bits per heavy atom. The van der Waals surface area contributed by atoms with E-state index in [-0.39, 0.29) is 12.5 Å². The highest BCUT2D eigenvalue weighted by Crippen LogP contribution is 2.07. The maximum absolute atomic E-state index is 10.6. The molecule has 0 bridgehead atoms. The van der Waals surface area contributed by atoms with Gasteiger partial charge in [-0.15, -0.1) is 0 Å². The van der Waals surface area contributed by atoms with E-state index in [4.69, 9.17) is 5.11 Å². The van der Waals surface area contributed by atoms with E-state index < -0.39 is 0 Å². The monoisotopic (exact) mass is 285 g/mol. The molecule has 2 aromatic rings. The fraction of sp³-hybridized carbons (Fsp3) is 0.278. The van der Waals surface area contributed by atoms with Crippen LogP contribution in [0.15, 0.2) is 48.5 Å². The van der Waals surface area contributed by atoms with Crippen molar-refractivity contribution in [2.24, 2.45) is 0 Å². The third-order valence-electron chi connectivity index (χ3n) is 2.99. The third kappa shape index (κ3) is 6.72. The number of benzene rings is 2. The zero-order chi connectivity index (χ0) is 15.7. The lowest BCUT2D eigenvalue weighted by Gasteiger charge is -2.00. The van der Waals surface area contributed by atoms with Crippen LogP contribution < -0.4 is 5.32 Å². The van der Waals surface area contributed by atoms with E-state index in [9.17, 15) is 4.79 Å². The Bertz CT molecular complexity index is 521. The van der Waals surface area contributed by atoms with Gasteiger partial charge in [-0.25, -0.2) is 0 Å². The fourth-order valence-electron chi connectivity index (χ4n) is 1.72. The van der Waals surface area contributed by atoms with E-state index in [1.165, 1.54) is 18.1 Å². The van der Waals surface area contributed by atoms with Gasteiger partial charge in [0.05, 0.1) is 6.61 Å². The van der Waals surface area contributed by atoms with Crippen LogP contribution in [-0.2, 0) is 17.8 Å². The Labute approximate surface area is 126 Å². The van der Waals surface area contributed by atoms with Gasteiger partial charge in [-0.2, -0.15) is 0 Å². The number of amides is 1. The van der Waals surface area contributed by atoms with Crippen LogP contribution in [0.3, 0.4) is 0 Å². The molecule has 0 aromatic heterocycles. The molecule has 0 aliphatic carbocycles. The molecule has 3 nitrogen and oxygen atoms in total. The maximum Gasteiger partial charge on any atom is 0.221 e. The summed E-state index contributed by atoms with van der Waals surface area (Å²) in [4.78, 5) is 10.6. The second-order valence-corrected chi connectivity index (χ2v) is 4.88. The molecule has 0 aliphatic rings. The maximum atomic E-state index is 10.6. The Balaban J connectivity index is 0.000000211. The van der Waals surface area contributed by atoms with E-state index >= 15 is 0 Å². The second kappa shape index (κ2) is 8.93. The van der Waals surface area contributed by atoms with Gasteiger partial charge in [0.15, 0.2) is 0 Å². The van der Waals surface area contributed by atoms with Crippen molar-refractivity contribution in [3.63, 3.8) is 0 Å². The summed E-state index contributed by atoms with van der Waals surface area (Å²) in [5.74, 6) is -0.0335. The van der Waals surface area contributed by atoms with Gasteiger partial charge in [0.2, 0.25) is 5.91 Å². The second-order valence-electron chi connectivity index (χ2n) is 4.88. The summed E-state index contributed by atoms with van der Waals surface area (Å²) >= 11 is 0. The minimum absolute atomic E-state index is 0.0335. The third-order valence-corrected chi connectivity index (χ3v) is 2.99. The predicted octanol–water partition coefficient (Wildman–Crippen LogP) is 3.69. The first-order chi connectivity index (χ1) is 10.0. The van der Waals surface area contributed by atoms with Crippen molar-refractivity contribution in [1.29, 1.82) is 0 Å². The molecule has 0 saturated carbocycles. The number of carbonyl (C=O) groups excluding carboxylic acids is 1. The smallest absolute Gasteiger partial charge is 0.221 e. The van der Waals surface area contributed by atoms with Gasteiger partial charge in [0.25, 0.3) is 0 Å². The number of aliphatic hydroxyl groups is 1. The van der Waals surface area contributed by atoms with Crippen molar-refractivity contribution < 1.29 is 9.90 Å². The van der Waals surface area contributed by atoms with Crippen LogP contribution >= 0.6 is 0 Å². The van der Waals surface area contributed by atoms with Crippen LogP contribution in [-0.4, -0.2) is 11.0 Å². The van der Waals surface area contributed by atoms with E-state index in [0.29, 0.717) is 0 Å². The summed E-state index contributed by atoms with van der Waals surface area (Å²) in [5.41, 5.74) is 4.34. The Morgan fingerprint density at radius 1 is 1.00 bits per heavy atom. The molecule has 3 heteroatoms. The number of nitrogens with one attached hydrogen (secondary N) is 1. The van der Waals surface area contributed by atoms with Crippen molar-refractivity contribution in [2.75, 3.05) is 5.32 Å². The lowest BCUT2D eigenvalue weighted by molar-refractivity contribution is -0.114. The quantitative estimate of drug-likeness (QED) is 0.903. The SMILES string of the molecule is CC(=O)Nc1ccc(C)cc1.CCc1ccc(CO)cc1. The number of hydrogen-bond donors (Lipinski definition) is 2. The number of hydrogen-bond acceptors (Lipinski definition) is 2. The zero-order valence-corrected chi connectivity index (χ0v) is 12.9. The lowest BCUT2D eigenvalue weighted by atomic mass is 10.1. The molecule has 0 radical (unpaired) electrons. The molecule has 0 unspecified atom stereocenters. The summed E-state index contributed by atoms with van der Waals surface area (Å²) in [6.45, 7) is 5.77. The molecule has 112 valence electrons. The van der Waals surface area contributed by atoms with Gasteiger partial charge in [0, 0.05) is 12.6 Å². The van der Waals surface area contributed by atoms with Crippen LogP contribution in [0.1, 0.15) is 30.5 Å². The molecule has 0 aliphatic heterocycles. The molecule has 0 atom stereocenters. The summed E-state index contributed by atoms with van der Waals surface area (Å²) in [6.07, 6.45) is 1.06. The fourth-order valence-corrected chi connectivity index (χ4v) is 1.72. The molecule has 1 amide bonds. The molecule has 2 N–H and O–H groups in total. The highest BCUT2D eigenvalue weighted by molar-refractivity contribution is 5.88. The largest absolute Gasteiger partial charge is 0.392 e. The average molecular weight is 285 g/mol. The molecular formula is C18H23NO2. The summed E-state index contributed by atoms with van der Waals surface area (Å²) in [6, 6.07) is 15.7. The van der Waals surface area contributed by atoms with E-state index in [1.807, 2.05) is 55.5 Å². The average Bonchev–Trinajstić information content (AvgIpc) is 2.50. The summed E-state index contributed by atoms with van der Waals surface area (Å²) < 4.78 is 0. The van der Waals surface area contributed by atoms with Gasteiger partial charge in [0.1, 0.15) is 0 Å². The normalized spacial score (nSPS) is 9.52. The lowest BCUT2D eigenvalue weighted by Crippen LogP contribution is -2.05. The van der Waals surface area contributed by atoms with Crippen molar-refractivity contribution in [3.05, 3.63) is 65.2 Å². The van der Waals surface area contributed by atoms with Gasteiger partial charge < -0.3 is 10.4 Å². The number of aryl methyl sites for hydroxylation is 2. The van der Waals surface area contributed by atoms with E-state index in [1.54, 1.807) is 0 Å². The number of carbonyl (C=O) groups is 1. The molecule has 0 heterocycles. The highest BCUT2D eigenvalue weighted by atomic mass is 16.3. The first kappa shape index (κ1) is 16.9. The zero-order valence-electron chi connectivity index (χ0n) is 12.9. The predicted molar refractivity (Wildman–Crippen MR) is 87.2 cm³/mol. The van der Waals surface area contributed by atoms with Crippen LogP contribution in [0.5, 0.6) is 0 Å². The first-order valence-electron chi connectivity index (χ1n) is 7.08. The topological polar surface area (TPSA) is 49.3 Å². The Hall–Kier alpha value is -2.13. The van der Waals surface area contributed by atoms with Crippen molar-refractivity contribution >= 4 is 11.6 Å². The van der Waals surface area contributed by atoms with Gasteiger partial charge in [-0.1, -0.05) is 48.9 Å². The van der Waals surface area contributed by atoms with Crippen LogP contribution in [0.25, 0.3) is 0 Å². The van der Waals surface area contributed by atoms with Crippen molar-refractivity contribution in [3.8, 4) is 0 Å². The van der Waals surface area contributed by atoms with Gasteiger partial charge in [-0.05, 0) is 36.6 Å². The van der Waals surface area contributed by atoms with E-state index in [0.717, 1.165) is 17.7 Å². The van der Waals surface area contributed by atoms with Crippen LogP contribution in [0.4, 0.5) is 5.69 Å². The molecule has 2 aromatic carbocycles. The van der Waals surface area contributed by atoms with Gasteiger partial charge >= 0.3 is 0 Å². The standard InChI is InChI=1S/C9H11NO.C9H12O/c1-7-3-5-9(6-4-7)10-8(2)11;1-2-8-3-5-9(7-10)6-4-8/h3-6H,1-2H3,(H,10,11);3-6,10H,2,7H2,1H3. The molecular weight excluding hydrogens is 262 g/mol. The number of rotatable bonds is 3. The molecule has 0 saturated heterocycles. The Kier molecular flexibility index (Phi) is 7.19. The molecule has 21 heavy (non-hydrogen) atoms. The summed E-state index contributed by atoms with van der Waals surface area (Å²) in [5, 5.41) is 11.4. The van der Waals surface area contributed by atoms with Gasteiger partial charge in [-0.3, -0.25) is 4.79 Å². The van der Waals surface area contributed by atoms with Crippen molar-refractivity contribution in [2.45, 2.75) is 33.8 Å². The minimum atomic E-state index is -0.0335. The first-order valence-corrected chi connectivity index (χ1v) is 7.08. The Morgan fingerprint density at radius 3 is 1.95 bits per heavy atom. The highest BCUT2D eigenvalue weighted by Gasteiger charge is 1.92. The summed E-state index contributed by atoms with van der Waals surface area (Å²) in [7, 11) is 0.